The maximum absolute atomic E-state index is 10.5. The van der Waals surface area contributed by atoms with Crippen molar-refractivity contribution in [2.24, 2.45) is 11.8 Å². The fourth-order valence-electron chi connectivity index (χ4n) is 3.31. The Hall–Kier alpha value is -1.58. The molecule has 2 fully saturated rings. The molecule has 0 aliphatic heterocycles. The normalized spacial score (nSPS) is 30.5. The first-order valence-corrected chi connectivity index (χ1v) is 6.23. The number of non-ortho nitro benzene ring substituents is 1. The Kier molecular flexibility index (Phi) is 2.50. The second kappa shape index (κ2) is 4.02. The van der Waals surface area contributed by atoms with Crippen molar-refractivity contribution in [3.63, 3.8) is 0 Å². The van der Waals surface area contributed by atoms with Gasteiger partial charge in [0.05, 0.1) is 4.92 Å². The number of anilines is 1. The van der Waals surface area contributed by atoms with Crippen LogP contribution in [0.5, 0.6) is 0 Å². The van der Waals surface area contributed by atoms with E-state index in [-0.39, 0.29) is 10.6 Å². The van der Waals surface area contributed by atoms with Crippen molar-refractivity contribution in [3.8, 4) is 0 Å². The molecule has 17 heavy (non-hydrogen) atoms. The summed E-state index contributed by atoms with van der Waals surface area (Å²) in [6, 6.07) is 7.33. The molecule has 2 aliphatic rings. The Morgan fingerprint density at radius 3 is 2.47 bits per heavy atom. The van der Waals surface area contributed by atoms with E-state index in [0.717, 1.165) is 17.5 Å². The van der Waals surface area contributed by atoms with Gasteiger partial charge in [-0.1, -0.05) is 6.42 Å². The van der Waals surface area contributed by atoms with E-state index in [4.69, 9.17) is 0 Å². The molecule has 3 atom stereocenters. The predicted octanol–water partition coefficient (Wildman–Crippen LogP) is 3.20. The predicted molar refractivity (Wildman–Crippen MR) is 66.0 cm³/mol. The van der Waals surface area contributed by atoms with Crippen LogP contribution in [0, 0.1) is 22.0 Å². The van der Waals surface area contributed by atoms with E-state index in [2.05, 4.69) is 5.32 Å². The van der Waals surface area contributed by atoms with Crippen LogP contribution >= 0.6 is 0 Å². The number of benzene rings is 1. The SMILES string of the molecule is O=[N+]([O-])c1ccc(N[C@H]2C[C@@H]3CC[C@H]2C3)cc1. The fraction of sp³-hybridized carbons (Fsp3) is 0.538. The van der Waals surface area contributed by atoms with Crippen LogP contribution < -0.4 is 5.32 Å². The summed E-state index contributed by atoms with van der Waals surface area (Å²) in [5.74, 6) is 1.73. The minimum absolute atomic E-state index is 0.156. The Morgan fingerprint density at radius 1 is 1.18 bits per heavy atom. The summed E-state index contributed by atoms with van der Waals surface area (Å²) in [6.45, 7) is 0. The Labute approximate surface area is 100 Å². The molecule has 0 heterocycles. The highest BCUT2D eigenvalue weighted by molar-refractivity contribution is 5.49. The van der Waals surface area contributed by atoms with Gasteiger partial charge in [-0.15, -0.1) is 0 Å². The average molecular weight is 232 g/mol. The topological polar surface area (TPSA) is 55.2 Å². The number of hydrogen-bond acceptors (Lipinski definition) is 3. The minimum Gasteiger partial charge on any atom is -0.382 e. The molecule has 2 saturated carbocycles. The smallest absolute Gasteiger partial charge is 0.269 e. The molecule has 2 aliphatic carbocycles. The van der Waals surface area contributed by atoms with Gasteiger partial charge in [-0.2, -0.15) is 0 Å². The molecule has 1 aromatic rings. The molecule has 0 saturated heterocycles. The monoisotopic (exact) mass is 232 g/mol. The molecule has 0 spiro atoms. The lowest BCUT2D eigenvalue weighted by Crippen LogP contribution is -2.25. The quantitative estimate of drug-likeness (QED) is 0.643. The summed E-state index contributed by atoms with van der Waals surface area (Å²) >= 11 is 0. The van der Waals surface area contributed by atoms with Gasteiger partial charge < -0.3 is 5.32 Å². The first-order chi connectivity index (χ1) is 8.22. The van der Waals surface area contributed by atoms with Crippen molar-refractivity contribution in [1.82, 2.24) is 0 Å². The van der Waals surface area contributed by atoms with Crippen molar-refractivity contribution in [3.05, 3.63) is 34.4 Å². The highest BCUT2D eigenvalue weighted by Crippen LogP contribution is 2.45. The lowest BCUT2D eigenvalue weighted by molar-refractivity contribution is -0.384. The van der Waals surface area contributed by atoms with E-state index in [1.807, 2.05) is 12.1 Å². The third kappa shape index (κ3) is 1.99. The van der Waals surface area contributed by atoms with E-state index < -0.39 is 0 Å². The number of hydrogen-bond donors (Lipinski definition) is 1. The summed E-state index contributed by atoms with van der Waals surface area (Å²) in [5.41, 5.74) is 1.16. The van der Waals surface area contributed by atoms with Crippen LogP contribution in [0.1, 0.15) is 25.7 Å². The molecule has 2 bridgehead atoms. The van der Waals surface area contributed by atoms with Gasteiger partial charge in [0, 0.05) is 23.9 Å². The van der Waals surface area contributed by atoms with Crippen molar-refractivity contribution >= 4 is 11.4 Å². The zero-order valence-electron chi connectivity index (χ0n) is 9.63. The molecular weight excluding hydrogens is 216 g/mol. The molecule has 1 N–H and O–H groups in total. The lowest BCUT2D eigenvalue weighted by Gasteiger charge is -2.23. The number of nitrogens with zero attached hydrogens (tertiary/aromatic N) is 1. The molecule has 1 aromatic carbocycles. The summed E-state index contributed by atoms with van der Waals surface area (Å²) in [7, 11) is 0. The van der Waals surface area contributed by atoms with Gasteiger partial charge in [0.2, 0.25) is 0 Å². The highest BCUT2D eigenvalue weighted by atomic mass is 16.6. The Morgan fingerprint density at radius 2 is 1.94 bits per heavy atom. The molecule has 3 rings (SSSR count). The number of nitro benzene ring substituents is 1. The lowest BCUT2D eigenvalue weighted by atomic mass is 9.95. The summed E-state index contributed by atoms with van der Waals surface area (Å²) in [6.07, 6.45) is 5.37. The average Bonchev–Trinajstić information content (AvgIpc) is 2.91. The maximum atomic E-state index is 10.5. The van der Waals surface area contributed by atoms with E-state index in [1.165, 1.54) is 25.7 Å². The zero-order chi connectivity index (χ0) is 11.8. The fourth-order valence-corrected chi connectivity index (χ4v) is 3.31. The maximum Gasteiger partial charge on any atom is 0.269 e. The molecule has 0 unspecified atom stereocenters. The molecule has 0 aromatic heterocycles. The van der Waals surface area contributed by atoms with Gasteiger partial charge >= 0.3 is 0 Å². The molecular formula is C13H16N2O2. The van der Waals surface area contributed by atoms with E-state index in [1.54, 1.807) is 12.1 Å². The van der Waals surface area contributed by atoms with Crippen LogP contribution in [-0.2, 0) is 0 Å². The number of rotatable bonds is 3. The third-order valence-electron chi connectivity index (χ3n) is 4.17. The van der Waals surface area contributed by atoms with Crippen LogP contribution in [0.2, 0.25) is 0 Å². The van der Waals surface area contributed by atoms with Crippen LogP contribution in [0.3, 0.4) is 0 Å². The largest absolute Gasteiger partial charge is 0.382 e. The Bertz CT molecular complexity index is 430. The standard InChI is InChI=1S/C13H16N2O2/c16-15(17)12-5-3-11(4-6-12)14-13-8-9-1-2-10(13)7-9/h3-6,9-10,13-14H,1-2,7-8H2/t9-,10+,13+/m1/s1. The number of fused-ring (bicyclic) bond motifs is 2. The van der Waals surface area contributed by atoms with Crippen LogP contribution in [0.4, 0.5) is 11.4 Å². The van der Waals surface area contributed by atoms with Gasteiger partial charge in [0.15, 0.2) is 0 Å². The van der Waals surface area contributed by atoms with Gasteiger partial charge in [-0.3, -0.25) is 10.1 Å². The number of nitro groups is 1. The summed E-state index contributed by atoms with van der Waals surface area (Å²) in [4.78, 5) is 10.2. The minimum atomic E-state index is -0.360. The van der Waals surface area contributed by atoms with Crippen LogP contribution in [-0.4, -0.2) is 11.0 Å². The van der Waals surface area contributed by atoms with Crippen molar-refractivity contribution < 1.29 is 4.92 Å². The van der Waals surface area contributed by atoms with Crippen molar-refractivity contribution in [1.29, 1.82) is 0 Å². The zero-order valence-corrected chi connectivity index (χ0v) is 9.63. The first kappa shape index (κ1) is 10.6. The van der Waals surface area contributed by atoms with Crippen LogP contribution in [0.15, 0.2) is 24.3 Å². The molecule has 0 amide bonds. The van der Waals surface area contributed by atoms with Crippen molar-refractivity contribution in [2.75, 3.05) is 5.32 Å². The molecule has 4 nitrogen and oxygen atoms in total. The molecule has 90 valence electrons. The third-order valence-corrected chi connectivity index (χ3v) is 4.17. The van der Waals surface area contributed by atoms with E-state index in [9.17, 15) is 10.1 Å². The second-order valence-corrected chi connectivity index (χ2v) is 5.23. The second-order valence-electron chi connectivity index (χ2n) is 5.23. The Balaban J connectivity index is 1.67. The highest BCUT2D eigenvalue weighted by Gasteiger charge is 2.39. The van der Waals surface area contributed by atoms with Crippen molar-refractivity contribution in [2.45, 2.75) is 31.7 Å². The summed E-state index contributed by atoms with van der Waals surface area (Å²) < 4.78 is 0. The first-order valence-electron chi connectivity index (χ1n) is 6.23. The van der Waals surface area contributed by atoms with Gasteiger partial charge in [-0.05, 0) is 43.2 Å². The van der Waals surface area contributed by atoms with Crippen LogP contribution in [0.25, 0.3) is 0 Å². The number of nitrogens with one attached hydrogen (secondary N) is 1. The van der Waals surface area contributed by atoms with Gasteiger partial charge in [-0.25, -0.2) is 0 Å². The molecule has 0 radical (unpaired) electrons. The van der Waals surface area contributed by atoms with E-state index >= 15 is 0 Å². The van der Waals surface area contributed by atoms with Gasteiger partial charge in [0.25, 0.3) is 5.69 Å². The summed E-state index contributed by atoms with van der Waals surface area (Å²) in [5, 5.41) is 14.1. The van der Waals surface area contributed by atoms with Gasteiger partial charge in [0.1, 0.15) is 0 Å². The molecule has 4 heteroatoms. The van der Waals surface area contributed by atoms with E-state index in [0.29, 0.717) is 6.04 Å².